The Bertz CT molecular complexity index is 1780. The van der Waals surface area contributed by atoms with Crippen LogP contribution in [-0.2, 0) is 4.79 Å². The lowest BCUT2D eigenvalue weighted by molar-refractivity contribution is -0.386. The highest BCUT2D eigenvalue weighted by atomic mass is 35.5. The molecule has 0 aliphatic carbocycles. The maximum absolute atomic E-state index is 13.7. The molecule has 0 aliphatic heterocycles. The number of hydrogen-bond acceptors (Lipinski definition) is 8. The Morgan fingerprint density at radius 3 is 2.57 bits per heavy atom. The molecule has 1 aromatic heterocycles. The Balaban J connectivity index is 1.92. The Morgan fingerprint density at radius 1 is 1.21 bits per heavy atom. The molecule has 4 rings (SSSR count). The lowest BCUT2D eigenvalue weighted by atomic mass is 9.96. The number of rotatable bonds is 10. The number of carboxylic acids is 1. The number of nitro groups is 1. The molecule has 0 unspecified atom stereocenters. The van der Waals surface area contributed by atoms with Crippen molar-refractivity contribution in [2.24, 2.45) is 5.10 Å². The molecule has 42 heavy (non-hydrogen) atoms. The second-order valence-corrected chi connectivity index (χ2v) is 10.2. The zero-order valence-electron chi connectivity index (χ0n) is 23.6. The summed E-state index contributed by atoms with van der Waals surface area (Å²) < 4.78 is 12.2. The Labute approximate surface area is 246 Å². The van der Waals surface area contributed by atoms with Gasteiger partial charge < -0.3 is 14.6 Å². The van der Waals surface area contributed by atoms with Crippen LogP contribution >= 0.6 is 11.6 Å². The molecule has 4 aromatic rings. The van der Waals surface area contributed by atoms with Crippen LogP contribution < -0.4 is 15.0 Å². The molecule has 3 aromatic carbocycles. The Morgan fingerprint density at radius 2 is 1.93 bits per heavy atom. The molecule has 12 heteroatoms. The van der Waals surface area contributed by atoms with Gasteiger partial charge in [0.25, 0.3) is 5.56 Å². The van der Waals surface area contributed by atoms with Crippen molar-refractivity contribution < 1.29 is 24.3 Å². The van der Waals surface area contributed by atoms with Gasteiger partial charge in [-0.05, 0) is 68.1 Å². The number of aliphatic carboxylic acids is 1. The van der Waals surface area contributed by atoms with Gasteiger partial charge in [-0.3, -0.25) is 14.9 Å². The molecular weight excluding hydrogens is 564 g/mol. The van der Waals surface area contributed by atoms with Gasteiger partial charge in [-0.2, -0.15) is 9.78 Å². The molecule has 0 aliphatic rings. The van der Waals surface area contributed by atoms with Crippen LogP contribution in [0.5, 0.6) is 11.5 Å². The van der Waals surface area contributed by atoms with Gasteiger partial charge in [0.2, 0.25) is 5.75 Å². The third-order valence-corrected chi connectivity index (χ3v) is 6.76. The van der Waals surface area contributed by atoms with Crippen LogP contribution in [-0.4, -0.2) is 44.6 Å². The minimum Gasteiger partial charge on any atom is -0.494 e. The van der Waals surface area contributed by atoms with Crippen molar-refractivity contribution >= 4 is 40.4 Å². The van der Waals surface area contributed by atoms with Gasteiger partial charge in [0.1, 0.15) is 5.75 Å². The van der Waals surface area contributed by atoms with Gasteiger partial charge in [-0.1, -0.05) is 37.6 Å². The number of fused-ring (bicyclic) bond motifs is 1. The number of para-hydroxylation sites is 1. The minimum atomic E-state index is -1.38. The molecule has 0 spiro atoms. The molecule has 0 saturated carbocycles. The standard InChI is InChI=1S/C30H29ClN4O7/c1-6-41-26-11-17(4)22(14-21(26)16(2)3)28-33-24-10-8-7-9-20(24)29(36)34(28)32-15-19-12-23(31)27(25(13-19)35(39)40)42-18(5)30(37)38/h7-16,18H,6H2,1-5H3,(H,37,38)/t18-/m1/s1. The Hall–Kier alpha value is -4.77. The molecule has 0 amide bonds. The van der Waals surface area contributed by atoms with Crippen molar-refractivity contribution in [1.29, 1.82) is 0 Å². The number of carbonyl (C=O) groups is 1. The molecule has 1 N–H and O–H groups in total. The van der Waals surface area contributed by atoms with E-state index in [2.05, 4.69) is 5.10 Å². The second-order valence-electron chi connectivity index (χ2n) is 9.81. The van der Waals surface area contributed by atoms with Crippen LogP contribution in [0.25, 0.3) is 22.3 Å². The summed E-state index contributed by atoms with van der Waals surface area (Å²) in [5.74, 6) is -0.568. The minimum absolute atomic E-state index is 0.113. The summed E-state index contributed by atoms with van der Waals surface area (Å²) in [4.78, 5) is 40.8. The first-order valence-corrected chi connectivity index (χ1v) is 13.5. The zero-order valence-corrected chi connectivity index (χ0v) is 24.4. The highest BCUT2D eigenvalue weighted by molar-refractivity contribution is 6.32. The van der Waals surface area contributed by atoms with Gasteiger partial charge in [-0.15, -0.1) is 0 Å². The topological polar surface area (TPSA) is 146 Å². The van der Waals surface area contributed by atoms with Crippen molar-refractivity contribution in [3.05, 3.63) is 90.7 Å². The number of nitrogens with zero attached hydrogens (tertiary/aromatic N) is 4. The van der Waals surface area contributed by atoms with Crippen LogP contribution in [0.1, 0.15) is 50.3 Å². The molecule has 11 nitrogen and oxygen atoms in total. The van der Waals surface area contributed by atoms with E-state index in [0.29, 0.717) is 23.1 Å². The summed E-state index contributed by atoms with van der Waals surface area (Å²) in [6.45, 7) is 9.60. The SMILES string of the molecule is CCOc1cc(C)c(-c2nc3ccccc3c(=O)n2N=Cc2cc(Cl)c(O[C@H](C)C(=O)O)c([N+](=O)[O-])c2)cc1C(C)C. The normalized spacial score (nSPS) is 12.2. The summed E-state index contributed by atoms with van der Waals surface area (Å²) in [6, 6.07) is 13.2. The van der Waals surface area contributed by atoms with Crippen LogP contribution in [0.15, 0.2) is 58.4 Å². The first-order chi connectivity index (χ1) is 19.9. The van der Waals surface area contributed by atoms with Crippen molar-refractivity contribution in [2.45, 2.75) is 46.6 Å². The smallest absolute Gasteiger partial charge is 0.344 e. The summed E-state index contributed by atoms with van der Waals surface area (Å²) >= 11 is 6.28. The highest BCUT2D eigenvalue weighted by Gasteiger charge is 2.25. The molecule has 0 bridgehead atoms. The fourth-order valence-corrected chi connectivity index (χ4v) is 4.62. The van der Waals surface area contributed by atoms with E-state index >= 15 is 0 Å². The molecule has 1 heterocycles. The van der Waals surface area contributed by atoms with Crippen molar-refractivity contribution in [1.82, 2.24) is 9.66 Å². The zero-order chi connectivity index (χ0) is 30.7. The first kappa shape index (κ1) is 30.2. The number of halogens is 1. The predicted molar refractivity (Wildman–Crippen MR) is 160 cm³/mol. The van der Waals surface area contributed by atoms with Crippen molar-refractivity contribution in [3.8, 4) is 22.9 Å². The number of benzene rings is 3. The number of hydrogen-bond donors (Lipinski definition) is 1. The van der Waals surface area contributed by atoms with Gasteiger partial charge in [0.15, 0.2) is 11.9 Å². The van der Waals surface area contributed by atoms with E-state index in [9.17, 15) is 19.7 Å². The van der Waals surface area contributed by atoms with Gasteiger partial charge in [0, 0.05) is 17.2 Å². The van der Waals surface area contributed by atoms with Gasteiger partial charge in [0.05, 0.1) is 33.7 Å². The largest absolute Gasteiger partial charge is 0.494 e. The van der Waals surface area contributed by atoms with E-state index in [0.717, 1.165) is 27.6 Å². The number of carboxylic acid groups (broad SMARTS) is 1. The number of ether oxygens (including phenoxy) is 2. The third kappa shape index (κ3) is 6.10. The predicted octanol–water partition coefficient (Wildman–Crippen LogP) is 6.19. The molecule has 218 valence electrons. The lowest BCUT2D eigenvalue weighted by Crippen LogP contribution is -2.23. The van der Waals surface area contributed by atoms with Crippen LogP contribution in [0.4, 0.5) is 5.69 Å². The van der Waals surface area contributed by atoms with Crippen molar-refractivity contribution in [2.75, 3.05) is 6.61 Å². The molecular formula is C30H29ClN4O7. The van der Waals surface area contributed by atoms with Gasteiger partial charge in [-0.25, -0.2) is 9.78 Å². The maximum Gasteiger partial charge on any atom is 0.344 e. The fraction of sp³-hybridized carbons (Fsp3) is 0.267. The lowest BCUT2D eigenvalue weighted by Gasteiger charge is -2.18. The van der Waals surface area contributed by atoms with Crippen LogP contribution in [0.2, 0.25) is 5.02 Å². The van der Waals surface area contributed by atoms with E-state index < -0.39 is 28.2 Å². The van der Waals surface area contributed by atoms with E-state index in [-0.39, 0.29) is 28.1 Å². The van der Waals surface area contributed by atoms with Crippen molar-refractivity contribution in [3.63, 3.8) is 0 Å². The van der Waals surface area contributed by atoms with E-state index in [1.54, 1.807) is 24.3 Å². The average molecular weight is 593 g/mol. The average Bonchev–Trinajstić information content (AvgIpc) is 2.93. The fourth-order valence-electron chi connectivity index (χ4n) is 4.35. The third-order valence-electron chi connectivity index (χ3n) is 6.48. The van der Waals surface area contributed by atoms with E-state index in [4.69, 9.17) is 31.2 Å². The summed E-state index contributed by atoms with van der Waals surface area (Å²) in [6.07, 6.45) is -0.128. The maximum atomic E-state index is 13.7. The highest BCUT2D eigenvalue weighted by Crippen LogP contribution is 2.37. The Kier molecular flexibility index (Phi) is 8.91. The number of aryl methyl sites for hydroxylation is 1. The molecule has 0 radical (unpaired) electrons. The van der Waals surface area contributed by atoms with E-state index in [1.165, 1.54) is 19.2 Å². The molecule has 1 atom stereocenters. The van der Waals surface area contributed by atoms with Crippen LogP contribution in [0.3, 0.4) is 0 Å². The summed E-state index contributed by atoms with van der Waals surface area (Å²) in [5, 5.41) is 25.5. The molecule has 0 fully saturated rings. The quantitative estimate of drug-likeness (QED) is 0.130. The second kappa shape index (κ2) is 12.4. The number of aromatic nitrogens is 2. The molecule has 0 saturated heterocycles. The number of nitro benzene ring substituents is 1. The van der Waals surface area contributed by atoms with Crippen LogP contribution in [0, 0.1) is 17.0 Å². The first-order valence-electron chi connectivity index (χ1n) is 13.1. The van der Waals surface area contributed by atoms with Gasteiger partial charge >= 0.3 is 11.7 Å². The van der Waals surface area contributed by atoms with E-state index in [1.807, 2.05) is 39.8 Å². The monoisotopic (exact) mass is 592 g/mol. The summed E-state index contributed by atoms with van der Waals surface area (Å²) in [7, 11) is 0. The summed E-state index contributed by atoms with van der Waals surface area (Å²) in [5.41, 5.74) is 2.07.